The van der Waals surface area contributed by atoms with Gasteiger partial charge in [-0.3, -0.25) is 9.69 Å². The molecule has 1 N–H and O–H groups in total. The number of nitrogens with zero attached hydrogens (tertiary/aromatic N) is 1. The zero-order valence-corrected chi connectivity index (χ0v) is 18.6. The number of hydrogen-bond acceptors (Lipinski definition) is 5. The highest BCUT2D eigenvalue weighted by Crippen LogP contribution is 2.39. The van der Waals surface area contributed by atoms with Crippen molar-refractivity contribution in [3.63, 3.8) is 0 Å². The van der Waals surface area contributed by atoms with Crippen molar-refractivity contribution >= 4 is 63.5 Å². The van der Waals surface area contributed by atoms with Crippen LogP contribution in [0.5, 0.6) is 0 Å². The van der Waals surface area contributed by atoms with Gasteiger partial charge >= 0.3 is 12.1 Å². The van der Waals surface area contributed by atoms with Crippen LogP contribution < -0.4 is 4.90 Å². The van der Waals surface area contributed by atoms with Crippen molar-refractivity contribution in [1.82, 2.24) is 0 Å². The van der Waals surface area contributed by atoms with Crippen molar-refractivity contribution < 1.29 is 32.3 Å². The monoisotopic (exact) mass is 509 g/mol. The Balaban J connectivity index is 1.63. The van der Waals surface area contributed by atoms with Crippen molar-refractivity contribution in [2.24, 2.45) is 0 Å². The molecule has 33 heavy (non-hydrogen) atoms. The molecule has 0 bridgehead atoms. The summed E-state index contributed by atoms with van der Waals surface area (Å²) in [5.74, 6) is -1.32. The Morgan fingerprint density at radius 2 is 1.91 bits per heavy atom. The van der Waals surface area contributed by atoms with E-state index < -0.39 is 23.6 Å². The van der Waals surface area contributed by atoms with Crippen LogP contribution in [0.4, 0.5) is 18.9 Å². The molecule has 11 heteroatoms. The SMILES string of the molecule is O=C(O)c1cccc(N2C(=O)C(=Cc3ccc(-c4cc(C(F)(F)F)ccc4Cl)o3)SC2=S)c1. The van der Waals surface area contributed by atoms with Crippen LogP contribution >= 0.6 is 35.6 Å². The molecule has 0 aliphatic carbocycles. The van der Waals surface area contributed by atoms with Gasteiger partial charge in [0, 0.05) is 11.6 Å². The first-order valence-corrected chi connectivity index (χ1v) is 10.7. The molecular formula is C22H11ClF3NO4S2. The fourth-order valence-electron chi connectivity index (χ4n) is 3.06. The molecule has 1 aliphatic heterocycles. The number of benzene rings is 2. The summed E-state index contributed by atoms with van der Waals surface area (Å²) in [6.45, 7) is 0. The molecule has 0 atom stereocenters. The van der Waals surface area contributed by atoms with Gasteiger partial charge in [0.15, 0.2) is 4.32 Å². The molecule has 0 saturated carbocycles. The van der Waals surface area contributed by atoms with Gasteiger partial charge in [-0.15, -0.1) is 0 Å². The minimum Gasteiger partial charge on any atom is -0.478 e. The third kappa shape index (κ3) is 4.68. The first kappa shape index (κ1) is 23.1. The summed E-state index contributed by atoms with van der Waals surface area (Å²) in [4.78, 5) is 25.5. The highest BCUT2D eigenvalue weighted by molar-refractivity contribution is 8.27. The van der Waals surface area contributed by atoms with Crippen molar-refractivity contribution in [3.05, 3.63) is 81.4 Å². The number of aromatic carboxylic acids is 1. The Morgan fingerprint density at radius 1 is 1.15 bits per heavy atom. The highest BCUT2D eigenvalue weighted by atomic mass is 35.5. The summed E-state index contributed by atoms with van der Waals surface area (Å²) in [6.07, 6.45) is -3.13. The summed E-state index contributed by atoms with van der Waals surface area (Å²) in [5.41, 5.74) is -0.510. The van der Waals surface area contributed by atoms with Crippen LogP contribution in [0.15, 0.2) is 63.9 Å². The lowest BCUT2D eigenvalue weighted by molar-refractivity contribution is -0.137. The van der Waals surface area contributed by atoms with Crippen molar-refractivity contribution in [2.75, 3.05) is 4.90 Å². The van der Waals surface area contributed by atoms with E-state index in [1.165, 1.54) is 41.3 Å². The van der Waals surface area contributed by atoms with E-state index in [1.54, 1.807) is 6.07 Å². The van der Waals surface area contributed by atoms with Crippen LogP contribution in [0.2, 0.25) is 5.02 Å². The lowest BCUT2D eigenvalue weighted by atomic mass is 10.1. The number of carboxylic acids is 1. The van der Waals surface area contributed by atoms with Gasteiger partial charge in [-0.1, -0.05) is 41.6 Å². The number of thioether (sulfide) groups is 1. The van der Waals surface area contributed by atoms with E-state index in [1.807, 2.05) is 0 Å². The molecule has 2 heterocycles. The van der Waals surface area contributed by atoms with Gasteiger partial charge in [0.25, 0.3) is 5.91 Å². The number of carboxylic acid groups (broad SMARTS) is 1. The molecule has 168 valence electrons. The summed E-state index contributed by atoms with van der Waals surface area (Å²) < 4.78 is 44.9. The Labute approximate surface area is 199 Å². The molecule has 5 nitrogen and oxygen atoms in total. The van der Waals surface area contributed by atoms with Crippen LogP contribution in [0.1, 0.15) is 21.7 Å². The van der Waals surface area contributed by atoms with Gasteiger partial charge in [-0.25, -0.2) is 4.79 Å². The van der Waals surface area contributed by atoms with E-state index in [-0.39, 0.29) is 36.9 Å². The average molecular weight is 510 g/mol. The predicted octanol–water partition coefficient (Wildman–Crippen LogP) is 6.72. The van der Waals surface area contributed by atoms with E-state index in [4.69, 9.17) is 28.2 Å². The van der Waals surface area contributed by atoms with E-state index in [0.717, 1.165) is 30.0 Å². The Hall–Kier alpha value is -3.08. The molecule has 1 saturated heterocycles. The lowest BCUT2D eigenvalue weighted by Gasteiger charge is -2.14. The Bertz CT molecular complexity index is 1330. The number of rotatable bonds is 4. The number of carbonyl (C=O) groups is 2. The molecular weight excluding hydrogens is 499 g/mol. The van der Waals surface area contributed by atoms with Gasteiger partial charge in [-0.05, 0) is 48.5 Å². The normalized spacial score (nSPS) is 15.5. The smallest absolute Gasteiger partial charge is 0.416 e. The second kappa shape index (κ2) is 8.69. The fourth-order valence-corrected chi connectivity index (χ4v) is 4.55. The number of carbonyl (C=O) groups excluding carboxylic acids is 1. The predicted molar refractivity (Wildman–Crippen MR) is 123 cm³/mol. The highest BCUT2D eigenvalue weighted by Gasteiger charge is 2.34. The van der Waals surface area contributed by atoms with Crippen LogP contribution in [0, 0.1) is 0 Å². The van der Waals surface area contributed by atoms with E-state index in [2.05, 4.69) is 0 Å². The number of anilines is 1. The van der Waals surface area contributed by atoms with Gasteiger partial charge in [0.05, 0.1) is 26.7 Å². The number of hydrogen-bond donors (Lipinski definition) is 1. The van der Waals surface area contributed by atoms with Crippen LogP contribution in [-0.2, 0) is 11.0 Å². The summed E-state index contributed by atoms with van der Waals surface area (Å²) >= 11 is 12.3. The minimum absolute atomic E-state index is 0.000767. The van der Waals surface area contributed by atoms with Crippen molar-refractivity contribution in [2.45, 2.75) is 6.18 Å². The van der Waals surface area contributed by atoms with E-state index in [0.29, 0.717) is 5.69 Å². The van der Waals surface area contributed by atoms with Crippen molar-refractivity contribution in [1.29, 1.82) is 0 Å². The first-order valence-electron chi connectivity index (χ1n) is 9.13. The number of alkyl halides is 3. The minimum atomic E-state index is -4.54. The molecule has 1 aliphatic rings. The number of thiocarbonyl (C=S) groups is 1. The molecule has 3 aromatic rings. The molecule has 1 amide bonds. The number of halogens is 4. The maximum absolute atomic E-state index is 13.0. The molecule has 1 fully saturated rings. The Morgan fingerprint density at radius 3 is 2.61 bits per heavy atom. The lowest BCUT2D eigenvalue weighted by Crippen LogP contribution is -2.27. The van der Waals surface area contributed by atoms with Crippen LogP contribution in [0.3, 0.4) is 0 Å². The maximum atomic E-state index is 13.0. The molecule has 0 spiro atoms. The summed E-state index contributed by atoms with van der Waals surface area (Å²) in [6, 6.07) is 11.6. The van der Waals surface area contributed by atoms with E-state index in [9.17, 15) is 27.9 Å². The standard InChI is InChI=1S/C22H11ClF3NO4S2/c23-16-6-4-12(22(24,25)26)9-15(16)17-7-5-14(31-17)10-18-19(28)27(21(32)33-18)13-3-1-2-11(8-13)20(29)30/h1-10H,(H,29,30). The summed E-state index contributed by atoms with van der Waals surface area (Å²) in [7, 11) is 0. The third-order valence-corrected chi connectivity index (χ3v) is 6.24. The largest absolute Gasteiger partial charge is 0.478 e. The fraction of sp³-hybridized carbons (Fsp3) is 0.0455. The third-order valence-electron chi connectivity index (χ3n) is 4.60. The number of amides is 1. The van der Waals surface area contributed by atoms with Gasteiger partial charge in [-0.2, -0.15) is 13.2 Å². The molecule has 2 aromatic carbocycles. The Kier molecular flexibility index (Phi) is 6.08. The maximum Gasteiger partial charge on any atom is 0.416 e. The molecule has 4 rings (SSSR count). The first-order chi connectivity index (χ1) is 15.5. The molecule has 0 radical (unpaired) electrons. The average Bonchev–Trinajstić information content (AvgIpc) is 3.32. The van der Waals surface area contributed by atoms with Gasteiger partial charge in [0.2, 0.25) is 0 Å². The second-order valence-corrected chi connectivity index (χ2v) is 8.85. The number of furan rings is 1. The van der Waals surface area contributed by atoms with Gasteiger partial charge < -0.3 is 9.52 Å². The van der Waals surface area contributed by atoms with Gasteiger partial charge in [0.1, 0.15) is 11.5 Å². The zero-order valence-electron chi connectivity index (χ0n) is 16.2. The summed E-state index contributed by atoms with van der Waals surface area (Å²) in [5, 5.41) is 9.25. The second-order valence-electron chi connectivity index (χ2n) is 6.77. The quantitative estimate of drug-likeness (QED) is 0.311. The van der Waals surface area contributed by atoms with Crippen LogP contribution in [-0.4, -0.2) is 21.3 Å². The van der Waals surface area contributed by atoms with Crippen LogP contribution in [0.25, 0.3) is 17.4 Å². The van der Waals surface area contributed by atoms with Crippen molar-refractivity contribution in [3.8, 4) is 11.3 Å². The van der Waals surface area contributed by atoms with E-state index >= 15 is 0 Å². The topological polar surface area (TPSA) is 70.8 Å². The molecule has 1 aromatic heterocycles. The zero-order chi connectivity index (χ0) is 23.9. The molecule has 0 unspecified atom stereocenters.